The van der Waals surface area contributed by atoms with E-state index in [-0.39, 0.29) is 11.3 Å². The number of carbonyl (C=O) groups excluding carboxylic acids is 1. The summed E-state index contributed by atoms with van der Waals surface area (Å²) in [5.74, 6) is 0.278. The van der Waals surface area contributed by atoms with Crippen molar-refractivity contribution in [2.24, 2.45) is 11.1 Å². The van der Waals surface area contributed by atoms with Gasteiger partial charge < -0.3 is 10.6 Å². The van der Waals surface area contributed by atoms with Crippen molar-refractivity contribution in [3.05, 3.63) is 0 Å². The van der Waals surface area contributed by atoms with Gasteiger partial charge in [-0.2, -0.15) is 0 Å². The summed E-state index contributed by atoms with van der Waals surface area (Å²) in [4.78, 5) is 13.7. The van der Waals surface area contributed by atoms with E-state index in [0.29, 0.717) is 13.0 Å². The van der Waals surface area contributed by atoms with Crippen molar-refractivity contribution < 1.29 is 4.79 Å². The van der Waals surface area contributed by atoms with Gasteiger partial charge in [0.1, 0.15) is 0 Å². The van der Waals surface area contributed by atoms with Crippen LogP contribution in [0.4, 0.5) is 0 Å². The predicted molar refractivity (Wildman–Crippen MR) is 57.9 cm³/mol. The third kappa shape index (κ3) is 2.27. The number of hydrogen-bond donors (Lipinski definition) is 1. The zero-order valence-electron chi connectivity index (χ0n) is 9.38. The SMILES string of the molecule is CCN(CC)C(=O)CC1(CN)CCC1. The summed E-state index contributed by atoms with van der Waals surface area (Å²) in [6, 6.07) is 0. The quantitative estimate of drug-likeness (QED) is 0.725. The molecule has 14 heavy (non-hydrogen) atoms. The summed E-state index contributed by atoms with van der Waals surface area (Å²) in [5.41, 5.74) is 5.88. The summed E-state index contributed by atoms with van der Waals surface area (Å²) >= 11 is 0. The van der Waals surface area contributed by atoms with Gasteiger partial charge in [0.25, 0.3) is 0 Å². The van der Waals surface area contributed by atoms with E-state index in [1.165, 1.54) is 6.42 Å². The molecule has 1 amide bonds. The number of nitrogens with two attached hydrogens (primary N) is 1. The molecule has 3 heteroatoms. The van der Waals surface area contributed by atoms with Gasteiger partial charge in [0.2, 0.25) is 5.91 Å². The first-order chi connectivity index (χ1) is 6.67. The fraction of sp³-hybridized carbons (Fsp3) is 0.909. The van der Waals surface area contributed by atoms with Gasteiger partial charge in [-0.15, -0.1) is 0 Å². The van der Waals surface area contributed by atoms with Crippen LogP contribution in [0.15, 0.2) is 0 Å². The normalized spacial score (nSPS) is 18.8. The molecule has 0 saturated heterocycles. The topological polar surface area (TPSA) is 46.3 Å². The highest BCUT2D eigenvalue weighted by Gasteiger charge is 2.38. The lowest BCUT2D eigenvalue weighted by Gasteiger charge is -2.41. The molecular formula is C11H22N2O. The average Bonchev–Trinajstić information content (AvgIpc) is 2.13. The Morgan fingerprint density at radius 3 is 2.21 bits per heavy atom. The Balaban J connectivity index is 2.46. The van der Waals surface area contributed by atoms with Crippen molar-refractivity contribution in [2.45, 2.75) is 39.5 Å². The van der Waals surface area contributed by atoms with Crippen LogP contribution in [0, 0.1) is 5.41 Å². The van der Waals surface area contributed by atoms with Gasteiger partial charge in [-0.05, 0) is 38.6 Å². The minimum Gasteiger partial charge on any atom is -0.343 e. The Labute approximate surface area is 86.6 Å². The maximum atomic E-state index is 11.8. The maximum absolute atomic E-state index is 11.8. The van der Waals surface area contributed by atoms with Gasteiger partial charge in [0, 0.05) is 19.5 Å². The van der Waals surface area contributed by atoms with E-state index in [2.05, 4.69) is 0 Å². The molecule has 0 radical (unpaired) electrons. The molecule has 2 N–H and O–H groups in total. The van der Waals surface area contributed by atoms with Crippen LogP contribution < -0.4 is 5.73 Å². The first-order valence-corrected chi connectivity index (χ1v) is 5.65. The fourth-order valence-electron chi connectivity index (χ4n) is 2.14. The molecule has 1 aliphatic rings. The first-order valence-electron chi connectivity index (χ1n) is 5.65. The van der Waals surface area contributed by atoms with Crippen LogP contribution in [0.5, 0.6) is 0 Å². The second-order valence-electron chi connectivity index (χ2n) is 4.30. The average molecular weight is 198 g/mol. The molecule has 0 aromatic heterocycles. The second-order valence-corrected chi connectivity index (χ2v) is 4.30. The third-order valence-electron chi connectivity index (χ3n) is 3.49. The van der Waals surface area contributed by atoms with Crippen LogP contribution in [0.25, 0.3) is 0 Å². The number of hydrogen-bond acceptors (Lipinski definition) is 2. The molecule has 3 nitrogen and oxygen atoms in total. The molecule has 0 spiro atoms. The number of carbonyl (C=O) groups is 1. The molecule has 0 atom stereocenters. The summed E-state index contributed by atoms with van der Waals surface area (Å²) in [6.07, 6.45) is 4.17. The van der Waals surface area contributed by atoms with E-state index in [4.69, 9.17) is 5.73 Å². The number of rotatable bonds is 5. The summed E-state index contributed by atoms with van der Waals surface area (Å²) < 4.78 is 0. The molecule has 0 aromatic rings. The zero-order valence-corrected chi connectivity index (χ0v) is 9.38. The van der Waals surface area contributed by atoms with E-state index >= 15 is 0 Å². The Hall–Kier alpha value is -0.570. The third-order valence-corrected chi connectivity index (χ3v) is 3.49. The smallest absolute Gasteiger partial charge is 0.223 e. The summed E-state index contributed by atoms with van der Waals surface area (Å²) in [6.45, 7) is 6.35. The fourth-order valence-corrected chi connectivity index (χ4v) is 2.14. The molecule has 0 aromatic carbocycles. The molecule has 0 aliphatic heterocycles. The number of amides is 1. The van der Waals surface area contributed by atoms with Gasteiger partial charge >= 0.3 is 0 Å². The van der Waals surface area contributed by atoms with Crippen LogP contribution in [-0.2, 0) is 4.79 Å². The summed E-state index contributed by atoms with van der Waals surface area (Å²) in [5, 5.41) is 0. The van der Waals surface area contributed by atoms with E-state index in [1.807, 2.05) is 18.7 Å². The Morgan fingerprint density at radius 2 is 1.93 bits per heavy atom. The lowest BCUT2D eigenvalue weighted by atomic mass is 9.66. The van der Waals surface area contributed by atoms with Crippen LogP contribution in [0.1, 0.15) is 39.5 Å². The van der Waals surface area contributed by atoms with E-state index in [9.17, 15) is 4.79 Å². The molecule has 1 saturated carbocycles. The minimum atomic E-state index is 0.152. The van der Waals surface area contributed by atoms with E-state index < -0.39 is 0 Å². The largest absolute Gasteiger partial charge is 0.343 e. The van der Waals surface area contributed by atoms with E-state index in [1.54, 1.807) is 0 Å². The van der Waals surface area contributed by atoms with Crippen molar-refractivity contribution in [3.63, 3.8) is 0 Å². The van der Waals surface area contributed by atoms with Crippen molar-refractivity contribution in [1.82, 2.24) is 4.90 Å². The van der Waals surface area contributed by atoms with Crippen LogP contribution in [-0.4, -0.2) is 30.4 Å². The van der Waals surface area contributed by atoms with Gasteiger partial charge in [-0.1, -0.05) is 6.42 Å². The van der Waals surface area contributed by atoms with E-state index in [0.717, 1.165) is 25.9 Å². The minimum absolute atomic E-state index is 0.152. The standard InChI is InChI=1S/C11H22N2O/c1-3-13(4-2)10(14)8-11(9-12)6-5-7-11/h3-9,12H2,1-2H3. The van der Waals surface area contributed by atoms with Crippen molar-refractivity contribution >= 4 is 5.91 Å². The molecular weight excluding hydrogens is 176 g/mol. The molecule has 0 unspecified atom stereocenters. The highest BCUT2D eigenvalue weighted by molar-refractivity contribution is 5.77. The van der Waals surface area contributed by atoms with Crippen molar-refractivity contribution in [3.8, 4) is 0 Å². The van der Waals surface area contributed by atoms with Crippen LogP contribution in [0.3, 0.4) is 0 Å². The zero-order chi connectivity index (χ0) is 10.6. The molecule has 0 heterocycles. The van der Waals surface area contributed by atoms with Gasteiger partial charge in [0.05, 0.1) is 0 Å². The lowest BCUT2D eigenvalue weighted by Crippen LogP contribution is -2.43. The maximum Gasteiger partial charge on any atom is 0.223 e. The second kappa shape index (κ2) is 4.78. The molecule has 1 fully saturated rings. The van der Waals surface area contributed by atoms with Gasteiger partial charge in [-0.3, -0.25) is 4.79 Å². The monoisotopic (exact) mass is 198 g/mol. The molecule has 0 bridgehead atoms. The highest BCUT2D eigenvalue weighted by atomic mass is 16.2. The Morgan fingerprint density at radius 1 is 1.36 bits per heavy atom. The Kier molecular flexibility index (Phi) is 3.93. The first kappa shape index (κ1) is 11.5. The lowest BCUT2D eigenvalue weighted by molar-refractivity contribution is -0.134. The van der Waals surface area contributed by atoms with Crippen LogP contribution >= 0.6 is 0 Å². The number of nitrogens with zero attached hydrogens (tertiary/aromatic N) is 1. The van der Waals surface area contributed by atoms with Crippen molar-refractivity contribution in [1.29, 1.82) is 0 Å². The molecule has 1 aliphatic carbocycles. The molecule has 82 valence electrons. The highest BCUT2D eigenvalue weighted by Crippen LogP contribution is 2.43. The summed E-state index contributed by atoms with van der Waals surface area (Å²) in [7, 11) is 0. The van der Waals surface area contributed by atoms with Crippen LogP contribution in [0.2, 0.25) is 0 Å². The van der Waals surface area contributed by atoms with Gasteiger partial charge in [0.15, 0.2) is 0 Å². The predicted octanol–water partition coefficient (Wildman–Crippen LogP) is 1.37. The van der Waals surface area contributed by atoms with Crippen molar-refractivity contribution in [2.75, 3.05) is 19.6 Å². The van der Waals surface area contributed by atoms with Gasteiger partial charge in [-0.25, -0.2) is 0 Å². The molecule has 1 rings (SSSR count). The Bertz CT molecular complexity index is 190.